The van der Waals surface area contributed by atoms with Crippen molar-refractivity contribution in [2.24, 2.45) is 0 Å². The fraction of sp³-hybridized carbons (Fsp3) is 0.385. The molecule has 0 unspecified atom stereocenters. The van der Waals surface area contributed by atoms with Crippen molar-refractivity contribution in [1.82, 2.24) is 9.80 Å². The number of phenolic OH excluding ortho intramolecular Hbond substituents is 2. The Balaban J connectivity index is 1.36. The summed E-state index contributed by atoms with van der Waals surface area (Å²) in [7, 11) is 12.2. The van der Waals surface area contributed by atoms with Crippen molar-refractivity contribution in [2.75, 3.05) is 62.7 Å². The lowest BCUT2D eigenvalue weighted by Crippen LogP contribution is -2.33. The Morgan fingerprint density at radius 2 is 1.06 bits per heavy atom. The van der Waals surface area contributed by atoms with Crippen LogP contribution in [0.1, 0.15) is 45.5 Å². The van der Waals surface area contributed by atoms with Gasteiger partial charge in [-0.3, -0.25) is 9.80 Å². The molecule has 6 rings (SSSR count). The van der Waals surface area contributed by atoms with E-state index in [-0.39, 0.29) is 23.6 Å². The molecule has 2 aliphatic heterocycles. The second-order valence-electron chi connectivity index (χ2n) is 12.7. The first-order chi connectivity index (χ1) is 23.7. The van der Waals surface area contributed by atoms with Gasteiger partial charge >= 0.3 is 0 Å². The predicted octanol–water partition coefficient (Wildman–Crippen LogP) is 6.48. The summed E-state index contributed by atoms with van der Waals surface area (Å²) in [5.74, 6) is 4.16. The third-order valence-corrected chi connectivity index (χ3v) is 9.99. The van der Waals surface area contributed by atoms with Crippen LogP contribution >= 0.6 is 0 Å². The van der Waals surface area contributed by atoms with Crippen LogP contribution in [0.2, 0.25) is 0 Å². The summed E-state index contributed by atoms with van der Waals surface area (Å²) in [5, 5.41) is 21.3. The van der Waals surface area contributed by atoms with Gasteiger partial charge in [-0.15, -0.1) is 0 Å². The van der Waals surface area contributed by atoms with Gasteiger partial charge in [0.05, 0.1) is 35.5 Å². The number of ether oxygens (including phenoxy) is 6. The van der Waals surface area contributed by atoms with E-state index in [1.165, 1.54) is 5.56 Å². The molecule has 0 aromatic heterocycles. The maximum atomic E-state index is 10.7. The Morgan fingerprint density at radius 1 is 0.551 bits per heavy atom. The highest BCUT2D eigenvalue weighted by Gasteiger charge is 2.30. The van der Waals surface area contributed by atoms with Gasteiger partial charge < -0.3 is 38.6 Å². The number of hydrogen-bond donors (Lipinski definition) is 2. The smallest absolute Gasteiger partial charge is 0.169 e. The minimum Gasteiger partial charge on any atom is -0.504 e. The molecule has 0 fully saturated rings. The summed E-state index contributed by atoms with van der Waals surface area (Å²) in [4.78, 5) is 4.61. The van der Waals surface area contributed by atoms with Crippen molar-refractivity contribution in [3.05, 3.63) is 88.0 Å². The number of fused-ring (bicyclic) bond motifs is 2. The van der Waals surface area contributed by atoms with Gasteiger partial charge in [0.15, 0.2) is 46.0 Å². The van der Waals surface area contributed by atoms with E-state index in [0.717, 1.165) is 53.7 Å². The van der Waals surface area contributed by atoms with E-state index in [2.05, 4.69) is 30.0 Å². The zero-order chi connectivity index (χ0) is 34.8. The largest absolute Gasteiger partial charge is 0.504 e. The van der Waals surface area contributed by atoms with E-state index in [1.807, 2.05) is 48.5 Å². The summed E-state index contributed by atoms with van der Waals surface area (Å²) in [6, 6.07) is 17.4. The van der Waals surface area contributed by atoms with Gasteiger partial charge in [-0.25, -0.2) is 0 Å². The van der Waals surface area contributed by atoms with Crippen molar-refractivity contribution in [2.45, 2.75) is 37.8 Å². The van der Waals surface area contributed by atoms with E-state index >= 15 is 0 Å². The monoisotopic (exact) mass is 670 g/mol. The third-order valence-electron chi connectivity index (χ3n) is 9.99. The average Bonchev–Trinajstić information content (AvgIpc) is 3.10. The minimum absolute atomic E-state index is 0.0359. The Morgan fingerprint density at radius 3 is 1.59 bits per heavy atom. The highest BCUT2D eigenvalue weighted by molar-refractivity contribution is 5.56. The normalized spacial score (nSPS) is 17.5. The number of benzene rings is 4. The SMILES string of the molecule is COc1cc2c(cc1O)[C@H](Cc1ccc(OC)c(Oc3cc(OC)c(OC)cc3C[C@H]3c4cc(O)c(OC)cc4CCN3C)c1)N(C)CC2. The summed E-state index contributed by atoms with van der Waals surface area (Å²) >= 11 is 0. The molecule has 0 saturated heterocycles. The maximum Gasteiger partial charge on any atom is 0.169 e. The molecule has 10 heteroatoms. The van der Waals surface area contributed by atoms with Gasteiger partial charge in [0.1, 0.15) is 5.75 Å². The molecule has 2 atom stereocenters. The van der Waals surface area contributed by atoms with Gasteiger partial charge in [-0.1, -0.05) is 6.07 Å². The maximum absolute atomic E-state index is 10.7. The molecule has 2 heterocycles. The third kappa shape index (κ3) is 6.75. The lowest BCUT2D eigenvalue weighted by Gasteiger charge is -2.35. The van der Waals surface area contributed by atoms with Crippen molar-refractivity contribution in [3.8, 4) is 51.7 Å². The highest BCUT2D eigenvalue weighted by Crippen LogP contribution is 2.45. The molecule has 0 bridgehead atoms. The van der Waals surface area contributed by atoms with Crippen LogP contribution in [-0.4, -0.2) is 82.7 Å². The first kappa shape index (κ1) is 34.1. The summed E-state index contributed by atoms with van der Waals surface area (Å²) in [5.41, 5.74) is 6.44. The first-order valence-electron chi connectivity index (χ1n) is 16.5. The second kappa shape index (κ2) is 14.4. The molecule has 0 amide bonds. The molecular weight excluding hydrogens is 624 g/mol. The van der Waals surface area contributed by atoms with Crippen LogP contribution in [0, 0.1) is 0 Å². The predicted molar refractivity (Wildman–Crippen MR) is 187 cm³/mol. The van der Waals surface area contributed by atoms with Crippen LogP contribution in [0.15, 0.2) is 54.6 Å². The van der Waals surface area contributed by atoms with E-state index in [0.29, 0.717) is 53.1 Å². The number of aromatic hydroxyl groups is 2. The molecule has 49 heavy (non-hydrogen) atoms. The number of phenols is 2. The lowest BCUT2D eigenvalue weighted by molar-refractivity contribution is 0.226. The average molecular weight is 671 g/mol. The number of hydrogen-bond acceptors (Lipinski definition) is 10. The molecule has 0 saturated carbocycles. The van der Waals surface area contributed by atoms with Crippen LogP contribution in [-0.2, 0) is 25.7 Å². The minimum atomic E-state index is -0.0359. The Hall–Kier alpha value is -4.80. The quantitative estimate of drug-likeness (QED) is 0.185. The van der Waals surface area contributed by atoms with E-state index in [9.17, 15) is 10.2 Å². The zero-order valence-electron chi connectivity index (χ0n) is 29.3. The van der Waals surface area contributed by atoms with Gasteiger partial charge in [-0.2, -0.15) is 0 Å². The molecule has 4 aromatic carbocycles. The summed E-state index contributed by atoms with van der Waals surface area (Å²) in [6.45, 7) is 1.75. The molecular formula is C39H46N2O8. The van der Waals surface area contributed by atoms with E-state index in [1.54, 1.807) is 35.5 Å². The number of likely N-dealkylation sites (N-methyl/N-ethyl adjacent to an activating group) is 2. The number of nitrogens with zero attached hydrogens (tertiary/aromatic N) is 2. The molecule has 10 nitrogen and oxygen atoms in total. The Labute approximate surface area is 288 Å². The summed E-state index contributed by atoms with van der Waals surface area (Å²) in [6.07, 6.45) is 3.02. The van der Waals surface area contributed by atoms with Gasteiger partial charge in [0.25, 0.3) is 0 Å². The lowest BCUT2D eigenvalue weighted by atomic mass is 9.88. The molecule has 2 N–H and O–H groups in total. The molecule has 0 spiro atoms. The first-order valence-corrected chi connectivity index (χ1v) is 16.5. The van der Waals surface area contributed by atoms with Crippen molar-refractivity contribution in [3.63, 3.8) is 0 Å². The van der Waals surface area contributed by atoms with Gasteiger partial charge in [-0.05, 0) is 110 Å². The number of rotatable bonds is 11. The van der Waals surface area contributed by atoms with E-state index in [4.69, 9.17) is 28.4 Å². The molecule has 2 aliphatic rings. The van der Waals surface area contributed by atoms with Gasteiger partial charge in [0.2, 0.25) is 0 Å². The van der Waals surface area contributed by atoms with Gasteiger partial charge in [0, 0.05) is 36.8 Å². The van der Waals surface area contributed by atoms with Crippen molar-refractivity contribution < 1.29 is 38.6 Å². The molecule has 0 aliphatic carbocycles. The fourth-order valence-electron chi connectivity index (χ4n) is 7.18. The van der Waals surface area contributed by atoms with Crippen LogP contribution in [0.5, 0.6) is 51.7 Å². The topological polar surface area (TPSA) is 102 Å². The zero-order valence-corrected chi connectivity index (χ0v) is 29.3. The Bertz CT molecular complexity index is 1830. The number of methoxy groups -OCH3 is 5. The van der Waals surface area contributed by atoms with Crippen molar-refractivity contribution in [1.29, 1.82) is 0 Å². The fourth-order valence-corrected chi connectivity index (χ4v) is 7.18. The molecule has 0 radical (unpaired) electrons. The van der Waals surface area contributed by atoms with Crippen LogP contribution < -0.4 is 28.4 Å². The second-order valence-corrected chi connectivity index (χ2v) is 12.7. The molecule has 4 aromatic rings. The van der Waals surface area contributed by atoms with Crippen LogP contribution in [0.4, 0.5) is 0 Å². The van der Waals surface area contributed by atoms with Crippen LogP contribution in [0.3, 0.4) is 0 Å². The standard InChI is InChI=1S/C39H46N2O8/c1-40-12-10-24-17-35(45-4)31(42)20-27(24)29(40)14-23-8-9-33(44-3)39(15-23)49-34-22-38(48-7)37(47-6)19-26(34)16-30-28-21-32(43)36(46-5)18-25(28)11-13-41(30)2/h8-9,15,17-22,29-30,42-43H,10-14,16H2,1-7H3/t29-,30-/m0/s1. The van der Waals surface area contributed by atoms with E-state index < -0.39 is 0 Å². The molecule has 260 valence electrons. The van der Waals surface area contributed by atoms with Crippen molar-refractivity contribution >= 4 is 0 Å². The summed E-state index contributed by atoms with van der Waals surface area (Å²) < 4.78 is 34.8. The highest BCUT2D eigenvalue weighted by atomic mass is 16.5. The van der Waals surface area contributed by atoms with Crippen LogP contribution in [0.25, 0.3) is 0 Å². The Kier molecular flexibility index (Phi) is 9.99.